The molecule has 0 aliphatic rings. The van der Waals surface area contributed by atoms with Crippen LogP contribution >= 0.6 is 0 Å². The van der Waals surface area contributed by atoms with Gasteiger partial charge in [-0.05, 0) is 42.9 Å². The maximum absolute atomic E-state index is 6.31. The van der Waals surface area contributed by atoms with E-state index < -0.39 is 0 Å². The van der Waals surface area contributed by atoms with Gasteiger partial charge in [-0.3, -0.25) is 0 Å². The summed E-state index contributed by atoms with van der Waals surface area (Å²) in [6.07, 6.45) is 0.968. The van der Waals surface area contributed by atoms with Crippen LogP contribution in [0.4, 0.5) is 0 Å². The Balaban J connectivity index is 3.22. The van der Waals surface area contributed by atoms with Crippen molar-refractivity contribution in [3.8, 4) is 0 Å². The van der Waals surface area contributed by atoms with Crippen LogP contribution < -0.4 is 5.73 Å². The summed E-state index contributed by atoms with van der Waals surface area (Å²) in [7, 11) is 0. The second kappa shape index (κ2) is 4.36. The zero-order valence-electron chi connectivity index (χ0n) is 10.6. The quantitative estimate of drug-likeness (QED) is 0.800. The van der Waals surface area contributed by atoms with Crippen LogP contribution in [-0.2, 0) is 5.54 Å². The minimum atomic E-state index is -0.199. The molecule has 0 saturated heterocycles. The molecule has 0 amide bonds. The van der Waals surface area contributed by atoms with Gasteiger partial charge in [0.15, 0.2) is 0 Å². The van der Waals surface area contributed by atoms with Crippen LogP contribution in [0.5, 0.6) is 0 Å². The molecule has 1 atom stereocenters. The number of hydrogen-bond donors (Lipinski definition) is 1. The number of aryl methyl sites for hydroxylation is 1. The highest BCUT2D eigenvalue weighted by Crippen LogP contribution is 2.27. The van der Waals surface area contributed by atoms with E-state index in [2.05, 4.69) is 52.8 Å². The predicted molar refractivity (Wildman–Crippen MR) is 67.1 cm³/mol. The largest absolute Gasteiger partial charge is 0.322 e. The molecule has 0 spiro atoms. The van der Waals surface area contributed by atoms with Gasteiger partial charge in [-0.15, -0.1) is 0 Å². The van der Waals surface area contributed by atoms with Gasteiger partial charge in [-0.1, -0.05) is 39.0 Å². The van der Waals surface area contributed by atoms with Gasteiger partial charge in [0.25, 0.3) is 0 Å². The van der Waals surface area contributed by atoms with Gasteiger partial charge < -0.3 is 5.73 Å². The maximum atomic E-state index is 6.31. The highest BCUT2D eigenvalue weighted by molar-refractivity contribution is 5.37. The van der Waals surface area contributed by atoms with Gasteiger partial charge in [0.1, 0.15) is 0 Å². The van der Waals surface area contributed by atoms with E-state index in [-0.39, 0.29) is 5.54 Å². The first-order valence-electron chi connectivity index (χ1n) is 5.78. The van der Waals surface area contributed by atoms with Gasteiger partial charge in [0, 0.05) is 5.54 Å². The van der Waals surface area contributed by atoms with Gasteiger partial charge in [-0.2, -0.15) is 0 Å². The third-order valence-corrected chi connectivity index (χ3v) is 3.28. The molecule has 2 N–H and O–H groups in total. The lowest BCUT2D eigenvalue weighted by atomic mass is 9.85. The van der Waals surface area contributed by atoms with Gasteiger partial charge in [-0.25, -0.2) is 0 Å². The van der Waals surface area contributed by atoms with Gasteiger partial charge >= 0.3 is 0 Å². The van der Waals surface area contributed by atoms with Crippen molar-refractivity contribution in [1.82, 2.24) is 0 Å². The van der Waals surface area contributed by atoms with Crippen LogP contribution in [-0.4, -0.2) is 0 Å². The molecule has 0 heterocycles. The molecule has 1 nitrogen and oxygen atoms in total. The van der Waals surface area contributed by atoms with Crippen molar-refractivity contribution < 1.29 is 0 Å². The summed E-state index contributed by atoms with van der Waals surface area (Å²) < 4.78 is 0. The third kappa shape index (κ3) is 2.60. The van der Waals surface area contributed by atoms with E-state index in [0.717, 1.165) is 6.42 Å². The highest BCUT2D eigenvalue weighted by Gasteiger charge is 2.21. The van der Waals surface area contributed by atoms with Gasteiger partial charge in [0.2, 0.25) is 0 Å². The Morgan fingerprint density at radius 3 is 2.40 bits per heavy atom. The summed E-state index contributed by atoms with van der Waals surface area (Å²) in [6.45, 7) is 10.8. The van der Waals surface area contributed by atoms with Gasteiger partial charge in [0.05, 0.1) is 0 Å². The normalized spacial score (nSPS) is 15.4. The van der Waals surface area contributed by atoms with Crippen molar-refractivity contribution in [2.24, 2.45) is 5.73 Å². The van der Waals surface area contributed by atoms with Crippen molar-refractivity contribution in [3.63, 3.8) is 0 Å². The molecular weight excluding hydrogens is 182 g/mol. The van der Waals surface area contributed by atoms with E-state index in [0.29, 0.717) is 5.92 Å². The molecular formula is C14H23N. The van der Waals surface area contributed by atoms with Crippen molar-refractivity contribution in [1.29, 1.82) is 0 Å². The molecule has 0 aliphatic heterocycles. The zero-order chi connectivity index (χ0) is 11.6. The number of nitrogens with two attached hydrogens (primary N) is 1. The first-order valence-corrected chi connectivity index (χ1v) is 5.78. The molecule has 1 heteroatoms. The van der Waals surface area contributed by atoms with Crippen LogP contribution in [0.1, 0.15) is 56.7 Å². The first-order chi connectivity index (χ1) is 6.88. The molecule has 84 valence electrons. The summed E-state index contributed by atoms with van der Waals surface area (Å²) in [5.41, 5.74) is 10.1. The van der Waals surface area contributed by atoms with Crippen LogP contribution in [0.15, 0.2) is 18.2 Å². The van der Waals surface area contributed by atoms with Crippen LogP contribution in [0, 0.1) is 6.92 Å². The Kier molecular flexibility index (Phi) is 3.56. The topological polar surface area (TPSA) is 26.0 Å². The predicted octanol–water partition coefficient (Wildman–Crippen LogP) is 3.70. The second-order valence-corrected chi connectivity index (χ2v) is 5.00. The zero-order valence-corrected chi connectivity index (χ0v) is 10.6. The summed E-state index contributed by atoms with van der Waals surface area (Å²) in [5.74, 6) is 0.567. The van der Waals surface area contributed by atoms with Crippen molar-refractivity contribution in [2.75, 3.05) is 0 Å². The van der Waals surface area contributed by atoms with Crippen molar-refractivity contribution in [3.05, 3.63) is 34.9 Å². The summed E-state index contributed by atoms with van der Waals surface area (Å²) in [4.78, 5) is 0. The van der Waals surface area contributed by atoms with E-state index in [1.54, 1.807) is 0 Å². The molecule has 0 radical (unpaired) electrons. The fraction of sp³-hybridized carbons (Fsp3) is 0.571. The molecule has 0 bridgehead atoms. The number of rotatable bonds is 3. The standard InChI is InChI=1S/C14H23N/c1-6-14(5,15)13-9-12(10(2)3)8-7-11(13)4/h7-10H,6,15H2,1-5H3. The monoisotopic (exact) mass is 205 g/mol. The third-order valence-electron chi connectivity index (χ3n) is 3.28. The molecule has 0 saturated carbocycles. The van der Waals surface area contributed by atoms with E-state index in [1.807, 2.05) is 0 Å². The molecule has 1 aromatic carbocycles. The number of hydrogen-bond acceptors (Lipinski definition) is 1. The maximum Gasteiger partial charge on any atom is 0.0381 e. The van der Waals surface area contributed by atoms with Crippen LogP contribution in [0.3, 0.4) is 0 Å². The Morgan fingerprint density at radius 2 is 1.93 bits per heavy atom. The molecule has 1 unspecified atom stereocenters. The Labute approximate surface area is 93.7 Å². The molecule has 0 aliphatic carbocycles. The van der Waals surface area contributed by atoms with E-state index in [1.165, 1.54) is 16.7 Å². The highest BCUT2D eigenvalue weighted by atomic mass is 14.7. The van der Waals surface area contributed by atoms with E-state index in [4.69, 9.17) is 5.73 Å². The van der Waals surface area contributed by atoms with Crippen LogP contribution in [0.2, 0.25) is 0 Å². The minimum absolute atomic E-state index is 0.199. The van der Waals surface area contributed by atoms with Crippen molar-refractivity contribution >= 4 is 0 Å². The SMILES string of the molecule is CCC(C)(N)c1cc(C(C)C)ccc1C. The molecule has 15 heavy (non-hydrogen) atoms. The molecule has 0 fully saturated rings. The van der Waals surface area contributed by atoms with E-state index >= 15 is 0 Å². The molecule has 0 aromatic heterocycles. The summed E-state index contributed by atoms with van der Waals surface area (Å²) >= 11 is 0. The lowest BCUT2D eigenvalue weighted by molar-refractivity contribution is 0.473. The minimum Gasteiger partial charge on any atom is -0.322 e. The Bertz CT molecular complexity index is 337. The average Bonchev–Trinajstić information content (AvgIpc) is 2.17. The average molecular weight is 205 g/mol. The Morgan fingerprint density at radius 1 is 1.33 bits per heavy atom. The molecule has 1 rings (SSSR count). The van der Waals surface area contributed by atoms with Crippen molar-refractivity contribution in [2.45, 2.75) is 52.5 Å². The Hall–Kier alpha value is -0.820. The fourth-order valence-corrected chi connectivity index (χ4v) is 1.80. The second-order valence-electron chi connectivity index (χ2n) is 5.00. The number of benzene rings is 1. The fourth-order valence-electron chi connectivity index (χ4n) is 1.80. The first kappa shape index (κ1) is 12.3. The van der Waals surface area contributed by atoms with Crippen LogP contribution in [0.25, 0.3) is 0 Å². The smallest absolute Gasteiger partial charge is 0.0381 e. The lowest BCUT2D eigenvalue weighted by Gasteiger charge is -2.26. The molecule has 1 aromatic rings. The summed E-state index contributed by atoms with van der Waals surface area (Å²) in [5, 5.41) is 0. The van der Waals surface area contributed by atoms with E-state index in [9.17, 15) is 0 Å². The summed E-state index contributed by atoms with van der Waals surface area (Å²) in [6, 6.07) is 6.66. The lowest BCUT2D eigenvalue weighted by Crippen LogP contribution is -2.33.